The van der Waals surface area contributed by atoms with E-state index in [9.17, 15) is 14.4 Å². The van der Waals surface area contributed by atoms with Crippen LogP contribution in [0.2, 0.25) is 0 Å². The number of methoxy groups -OCH3 is 2. The van der Waals surface area contributed by atoms with Crippen LogP contribution in [0.25, 0.3) is 0 Å². The fourth-order valence-corrected chi connectivity index (χ4v) is 3.42. The topological polar surface area (TPSA) is 95.7 Å². The Morgan fingerprint density at radius 1 is 1.24 bits per heavy atom. The van der Waals surface area contributed by atoms with Gasteiger partial charge in [-0.05, 0) is 19.3 Å². The summed E-state index contributed by atoms with van der Waals surface area (Å²) in [5.74, 6) is -0.678. The van der Waals surface area contributed by atoms with Gasteiger partial charge in [0.05, 0.1) is 14.2 Å². The molecule has 0 aliphatic heterocycles. The zero-order valence-electron chi connectivity index (χ0n) is 11.8. The normalized spacial score (nSPS) is 29.0. The molecule has 112 valence electrons. The SMILES string of the molecule is COC(=O)CC(=O)C12CC(c3nc(C(=O)OC)co3)(C1)C2. The number of nitrogens with zero attached hydrogens (tertiary/aromatic N) is 1. The molecule has 0 aromatic carbocycles. The number of esters is 2. The molecule has 7 heteroatoms. The van der Waals surface area contributed by atoms with Crippen molar-refractivity contribution in [1.82, 2.24) is 4.98 Å². The highest BCUT2D eigenvalue weighted by molar-refractivity contribution is 6.01. The number of carbonyl (C=O) groups excluding carboxylic acids is 3. The number of ether oxygens (including phenoxy) is 2. The number of hydrogen-bond acceptors (Lipinski definition) is 7. The van der Waals surface area contributed by atoms with Gasteiger partial charge >= 0.3 is 11.9 Å². The van der Waals surface area contributed by atoms with E-state index < -0.39 is 17.4 Å². The summed E-state index contributed by atoms with van der Waals surface area (Å²) in [6.45, 7) is 0. The van der Waals surface area contributed by atoms with Crippen LogP contribution < -0.4 is 0 Å². The van der Waals surface area contributed by atoms with Gasteiger partial charge in [-0.15, -0.1) is 0 Å². The van der Waals surface area contributed by atoms with Gasteiger partial charge in [-0.1, -0.05) is 0 Å². The Kier molecular flexibility index (Phi) is 2.89. The first kappa shape index (κ1) is 13.8. The van der Waals surface area contributed by atoms with Gasteiger partial charge in [0.15, 0.2) is 5.69 Å². The molecule has 4 rings (SSSR count). The second kappa shape index (κ2) is 4.41. The fourth-order valence-electron chi connectivity index (χ4n) is 3.42. The minimum absolute atomic E-state index is 0.0871. The molecule has 3 fully saturated rings. The van der Waals surface area contributed by atoms with E-state index >= 15 is 0 Å². The van der Waals surface area contributed by atoms with E-state index in [1.807, 2.05) is 0 Å². The molecule has 2 bridgehead atoms. The van der Waals surface area contributed by atoms with E-state index in [1.165, 1.54) is 20.5 Å². The van der Waals surface area contributed by atoms with Crippen molar-refractivity contribution in [2.45, 2.75) is 31.1 Å². The number of rotatable bonds is 5. The van der Waals surface area contributed by atoms with Gasteiger partial charge in [-0.3, -0.25) is 9.59 Å². The number of Topliss-reactive ketones (excluding diaryl/α,β-unsaturated/α-hetero) is 1. The van der Waals surface area contributed by atoms with E-state index in [-0.39, 0.29) is 23.3 Å². The highest BCUT2D eigenvalue weighted by atomic mass is 16.5. The van der Waals surface area contributed by atoms with E-state index in [1.54, 1.807) is 0 Å². The highest BCUT2D eigenvalue weighted by Gasteiger charge is 2.73. The van der Waals surface area contributed by atoms with Crippen LogP contribution >= 0.6 is 0 Å². The summed E-state index contributed by atoms with van der Waals surface area (Å²) in [5.41, 5.74) is -0.571. The second-order valence-corrected chi connectivity index (χ2v) is 5.80. The predicted octanol–water partition coefficient (Wildman–Crippen LogP) is 1.02. The van der Waals surface area contributed by atoms with Crippen molar-refractivity contribution in [2.24, 2.45) is 5.41 Å². The molecule has 1 aromatic heterocycles. The summed E-state index contributed by atoms with van der Waals surface area (Å²) in [7, 11) is 2.54. The second-order valence-electron chi connectivity index (χ2n) is 5.80. The average molecular weight is 293 g/mol. The number of carbonyl (C=O) groups is 3. The van der Waals surface area contributed by atoms with Crippen molar-refractivity contribution in [1.29, 1.82) is 0 Å². The first-order valence-electron chi connectivity index (χ1n) is 6.59. The molecule has 0 saturated heterocycles. The van der Waals surface area contributed by atoms with Gasteiger partial charge in [-0.25, -0.2) is 9.78 Å². The van der Waals surface area contributed by atoms with Gasteiger partial charge in [0.25, 0.3) is 0 Å². The number of aromatic nitrogens is 1. The Labute approximate surface area is 120 Å². The Morgan fingerprint density at radius 3 is 2.48 bits per heavy atom. The van der Waals surface area contributed by atoms with Crippen LogP contribution in [0.5, 0.6) is 0 Å². The third kappa shape index (κ3) is 1.87. The summed E-state index contributed by atoms with van der Waals surface area (Å²) in [5, 5.41) is 0. The lowest BCUT2D eigenvalue weighted by Gasteiger charge is -2.67. The molecule has 3 aliphatic rings. The van der Waals surface area contributed by atoms with Gasteiger partial charge < -0.3 is 13.9 Å². The fraction of sp³-hybridized carbons (Fsp3) is 0.571. The van der Waals surface area contributed by atoms with Crippen molar-refractivity contribution in [3.8, 4) is 0 Å². The molecule has 1 aromatic rings. The smallest absolute Gasteiger partial charge is 0.360 e. The molecule has 0 unspecified atom stereocenters. The Morgan fingerprint density at radius 2 is 1.90 bits per heavy atom. The lowest BCUT2D eigenvalue weighted by atomic mass is 9.33. The number of ketones is 1. The van der Waals surface area contributed by atoms with E-state index in [0.717, 1.165) is 0 Å². The van der Waals surface area contributed by atoms with Gasteiger partial charge in [0, 0.05) is 10.8 Å². The zero-order chi connectivity index (χ0) is 15.3. The maximum absolute atomic E-state index is 12.1. The molecule has 3 saturated carbocycles. The molecule has 7 nitrogen and oxygen atoms in total. The summed E-state index contributed by atoms with van der Waals surface area (Å²) >= 11 is 0. The van der Waals surface area contributed by atoms with E-state index in [2.05, 4.69) is 14.5 Å². The molecule has 3 aliphatic carbocycles. The van der Waals surface area contributed by atoms with Crippen molar-refractivity contribution in [2.75, 3.05) is 14.2 Å². The minimum Gasteiger partial charge on any atom is -0.469 e. The lowest BCUT2D eigenvalue weighted by Crippen LogP contribution is -2.68. The zero-order valence-corrected chi connectivity index (χ0v) is 11.8. The minimum atomic E-state index is -0.548. The van der Waals surface area contributed by atoms with Gasteiger partial charge in [0.2, 0.25) is 5.89 Å². The molecule has 0 N–H and O–H groups in total. The summed E-state index contributed by atoms with van der Waals surface area (Å²) < 4.78 is 14.4. The van der Waals surface area contributed by atoms with Crippen molar-refractivity contribution in [3.63, 3.8) is 0 Å². The average Bonchev–Trinajstić information content (AvgIpc) is 2.84. The molecule has 1 heterocycles. The molecule has 21 heavy (non-hydrogen) atoms. The maximum Gasteiger partial charge on any atom is 0.360 e. The van der Waals surface area contributed by atoms with Crippen LogP contribution in [0.15, 0.2) is 10.7 Å². The standard InChI is InChI=1S/C14H15NO6/c1-19-10(17)3-9(16)13-5-14(6-13,7-13)12-15-8(4-21-12)11(18)20-2/h4H,3,5-7H2,1-2H3. The van der Waals surface area contributed by atoms with Crippen LogP contribution in [0.3, 0.4) is 0 Å². The van der Waals surface area contributed by atoms with E-state index in [0.29, 0.717) is 25.2 Å². The first-order chi connectivity index (χ1) is 9.94. The third-order valence-corrected chi connectivity index (χ3v) is 4.51. The van der Waals surface area contributed by atoms with Crippen LogP contribution in [0, 0.1) is 5.41 Å². The molecule has 0 spiro atoms. The quantitative estimate of drug-likeness (QED) is 0.590. The highest BCUT2D eigenvalue weighted by Crippen LogP contribution is 2.73. The molecule has 0 atom stereocenters. The van der Waals surface area contributed by atoms with Crippen LogP contribution in [0.4, 0.5) is 0 Å². The molecular weight excluding hydrogens is 278 g/mol. The van der Waals surface area contributed by atoms with Gasteiger partial charge in [-0.2, -0.15) is 0 Å². The van der Waals surface area contributed by atoms with Gasteiger partial charge in [0.1, 0.15) is 18.5 Å². The van der Waals surface area contributed by atoms with E-state index in [4.69, 9.17) is 4.42 Å². The van der Waals surface area contributed by atoms with Crippen molar-refractivity contribution in [3.05, 3.63) is 17.8 Å². The third-order valence-electron chi connectivity index (χ3n) is 4.51. The number of oxazole rings is 1. The molecular formula is C14H15NO6. The number of hydrogen-bond donors (Lipinski definition) is 0. The molecule has 0 amide bonds. The molecule has 0 radical (unpaired) electrons. The van der Waals surface area contributed by atoms with Crippen LogP contribution in [-0.4, -0.2) is 36.9 Å². The Hall–Kier alpha value is -2.18. The summed E-state index contributed by atoms with van der Waals surface area (Å²) in [4.78, 5) is 38.7. The van der Waals surface area contributed by atoms with Crippen LogP contribution in [-0.2, 0) is 24.5 Å². The largest absolute Gasteiger partial charge is 0.469 e. The van der Waals surface area contributed by atoms with Crippen LogP contribution in [0.1, 0.15) is 42.1 Å². The monoisotopic (exact) mass is 293 g/mol. The van der Waals surface area contributed by atoms with Crippen molar-refractivity contribution < 1.29 is 28.3 Å². The summed E-state index contributed by atoms with van der Waals surface area (Å²) in [6, 6.07) is 0. The predicted molar refractivity (Wildman–Crippen MR) is 67.4 cm³/mol. The lowest BCUT2D eigenvalue weighted by molar-refractivity contribution is -0.180. The first-order valence-corrected chi connectivity index (χ1v) is 6.59. The Balaban J connectivity index is 1.65. The maximum atomic E-state index is 12.1. The summed E-state index contributed by atoms with van der Waals surface area (Å²) in [6.07, 6.45) is 2.90. The van der Waals surface area contributed by atoms with Crippen molar-refractivity contribution >= 4 is 17.7 Å². The Bertz CT molecular complexity index is 611.